The van der Waals surface area contributed by atoms with Gasteiger partial charge >= 0.3 is 12.1 Å². The molecule has 1 rings (SSSR count). The van der Waals surface area contributed by atoms with Crippen molar-refractivity contribution in [2.24, 2.45) is 5.92 Å². The molecule has 0 aliphatic heterocycles. The zero-order valence-corrected chi connectivity index (χ0v) is 16.0. The summed E-state index contributed by atoms with van der Waals surface area (Å²) in [7, 11) is 1.16. The summed E-state index contributed by atoms with van der Waals surface area (Å²) in [6.45, 7) is 2.89. The van der Waals surface area contributed by atoms with Gasteiger partial charge in [0.05, 0.1) is 19.3 Å². The van der Waals surface area contributed by atoms with E-state index in [-0.39, 0.29) is 13.0 Å². The molecule has 2 amide bonds. The van der Waals surface area contributed by atoms with E-state index in [1.54, 1.807) is 31.2 Å². The zero-order chi connectivity index (χ0) is 21.1. The third-order valence-electron chi connectivity index (χ3n) is 3.86. The number of amides is 2. The van der Waals surface area contributed by atoms with Crippen LogP contribution in [0.1, 0.15) is 25.8 Å². The van der Waals surface area contributed by atoms with Crippen molar-refractivity contribution in [3.63, 3.8) is 0 Å². The lowest BCUT2D eigenvalue weighted by Crippen LogP contribution is -2.56. The Hall–Kier alpha value is -3.12. The van der Waals surface area contributed by atoms with E-state index < -0.39 is 42.1 Å². The van der Waals surface area contributed by atoms with Crippen LogP contribution in [0.2, 0.25) is 0 Å². The number of alkyl carbamates (subject to hydrolysis) is 1. The fraction of sp³-hybridized carbons (Fsp3) is 0.474. The summed E-state index contributed by atoms with van der Waals surface area (Å²) in [5.74, 6) is -2.04. The summed E-state index contributed by atoms with van der Waals surface area (Å²) >= 11 is 0. The van der Waals surface area contributed by atoms with E-state index in [0.29, 0.717) is 0 Å². The van der Waals surface area contributed by atoms with Crippen LogP contribution in [0, 0.1) is 17.2 Å². The van der Waals surface area contributed by atoms with Gasteiger partial charge in [0.1, 0.15) is 18.7 Å². The van der Waals surface area contributed by atoms with E-state index in [2.05, 4.69) is 15.4 Å². The Kier molecular flexibility index (Phi) is 9.47. The highest BCUT2D eigenvalue weighted by atomic mass is 16.5. The minimum absolute atomic E-state index is 0.00864. The smallest absolute Gasteiger partial charge is 0.408 e. The van der Waals surface area contributed by atoms with E-state index in [9.17, 15) is 19.5 Å². The van der Waals surface area contributed by atoms with Gasteiger partial charge in [-0.2, -0.15) is 5.26 Å². The third kappa shape index (κ3) is 7.63. The lowest BCUT2D eigenvalue weighted by molar-refractivity contribution is -0.146. The molecular formula is C19H25N3O6. The van der Waals surface area contributed by atoms with Gasteiger partial charge in [0.15, 0.2) is 0 Å². The molecule has 9 heteroatoms. The van der Waals surface area contributed by atoms with Gasteiger partial charge in [-0.25, -0.2) is 9.59 Å². The van der Waals surface area contributed by atoms with Crippen molar-refractivity contribution in [3.05, 3.63) is 35.9 Å². The second-order valence-electron chi connectivity index (χ2n) is 6.27. The fourth-order valence-electron chi connectivity index (χ4n) is 2.32. The van der Waals surface area contributed by atoms with Gasteiger partial charge in [0.25, 0.3) is 0 Å². The second-order valence-corrected chi connectivity index (χ2v) is 6.27. The molecule has 0 saturated heterocycles. The fourth-order valence-corrected chi connectivity index (χ4v) is 2.32. The molecule has 0 saturated carbocycles. The molecule has 1 aromatic carbocycles. The number of carbonyl (C=O) groups is 3. The SMILES string of the molecule is COC(=O)[C@@H](C[C@@H](C)C#N)NC(=O)[C@@H](NC(=O)OCc1ccccc1)[C@@H](C)O. The highest BCUT2D eigenvalue weighted by Gasteiger charge is 2.31. The maximum atomic E-state index is 12.5. The lowest BCUT2D eigenvalue weighted by Gasteiger charge is -2.24. The van der Waals surface area contributed by atoms with Crippen LogP contribution in [-0.4, -0.2) is 48.4 Å². The number of hydrogen-bond acceptors (Lipinski definition) is 7. The highest BCUT2D eigenvalue weighted by Crippen LogP contribution is 2.08. The first-order valence-electron chi connectivity index (χ1n) is 8.71. The van der Waals surface area contributed by atoms with Gasteiger partial charge in [0.2, 0.25) is 5.91 Å². The van der Waals surface area contributed by atoms with Crippen molar-refractivity contribution in [2.45, 2.75) is 45.1 Å². The molecule has 0 aliphatic carbocycles. The summed E-state index contributed by atoms with van der Waals surface area (Å²) < 4.78 is 9.67. The van der Waals surface area contributed by atoms with Gasteiger partial charge in [-0.3, -0.25) is 4.79 Å². The molecule has 3 N–H and O–H groups in total. The molecule has 4 atom stereocenters. The van der Waals surface area contributed by atoms with Gasteiger partial charge in [-0.05, 0) is 25.8 Å². The molecular weight excluding hydrogens is 366 g/mol. The summed E-state index contributed by atoms with van der Waals surface area (Å²) in [5, 5.41) is 23.4. The van der Waals surface area contributed by atoms with Gasteiger partial charge < -0.3 is 25.2 Å². The third-order valence-corrected chi connectivity index (χ3v) is 3.86. The second kappa shape index (κ2) is 11.6. The van der Waals surface area contributed by atoms with E-state index >= 15 is 0 Å². The molecule has 0 unspecified atom stereocenters. The summed E-state index contributed by atoms with van der Waals surface area (Å²) in [5.41, 5.74) is 0.756. The number of aliphatic hydroxyl groups excluding tert-OH is 1. The van der Waals surface area contributed by atoms with Gasteiger partial charge in [0, 0.05) is 5.92 Å². The first kappa shape index (κ1) is 22.9. The molecule has 152 valence electrons. The Morgan fingerprint density at radius 2 is 1.82 bits per heavy atom. The lowest BCUT2D eigenvalue weighted by atomic mass is 10.0. The van der Waals surface area contributed by atoms with Crippen molar-refractivity contribution < 1.29 is 29.0 Å². The Bertz CT molecular complexity index is 701. The van der Waals surface area contributed by atoms with Crippen LogP contribution in [0.25, 0.3) is 0 Å². The zero-order valence-electron chi connectivity index (χ0n) is 16.0. The quantitative estimate of drug-likeness (QED) is 0.531. The maximum Gasteiger partial charge on any atom is 0.408 e. The summed E-state index contributed by atoms with van der Waals surface area (Å²) in [4.78, 5) is 36.3. The average Bonchev–Trinajstić information content (AvgIpc) is 2.69. The monoisotopic (exact) mass is 391 g/mol. The van der Waals surface area contributed by atoms with Crippen LogP contribution in [-0.2, 0) is 25.7 Å². The average molecular weight is 391 g/mol. The summed E-state index contributed by atoms with van der Waals surface area (Å²) in [6, 6.07) is 8.46. The Labute approximate surface area is 163 Å². The first-order valence-corrected chi connectivity index (χ1v) is 8.71. The van der Waals surface area contributed by atoms with Crippen molar-refractivity contribution in [1.29, 1.82) is 5.26 Å². The van der Waals surface area contributed by atoms with E-state index in [4.69, 9.17) is 10.00 Å². The number of nitrogens with one attached hydrogen (secondary N) is 2. The molecule has 0 heterocycles. The molecule has 0 spiro atoms. The number of methoxy groups -OCH3 is 1. The highest BCUT2D eigenvalue weighted by molar-refractivity contribution is 5.90. The number of nitriles is 1. The van der Waals surface area contributed by atoms with Crippen LogP contribution < -0.4 is 10.6 Å². The van der Waals surface area contributed by atoms with Crippen molar-refractivity contribution in [3.8, 4) is 6.07 Å². The minimum Gasteiger partial charge on any atom is -0.467 e. The number of nitrogens with zero attached hydrogens (tertiary/aromatic N) is 1. The van der Waals surface area contributed by atoms with Crippen LogP contribution in [0.15, 0.2) is 30.3 Å². The van der Waals surface area contributed by atoms with E-state index in [0.717, 1.165) is 12.7 Å². The summed E-state index contributed by atoms with van der Waals surface area (Å²) in [6.07, 6.45) is -2.12. The number of ether oxygens (including phenoxy) is 2. The molecule has 0 radical (unpaired) electrons. The van der Waals surface area contributed by atoms with Crippen LogP contribution >= 0.6 is 0 Å². The van der Waals surface area contributed by atoms with Gasteiger partial charge in [-0.15, -0.1) is 0 Å². The maximum absolute atomic E-state index is 12.5. The van der Waals surface area contributed by atoms with Crippen molar-refractivity contribution >= 4 is 18.0 Å². The number of esters is 1. The number of carbonyl (C=O) groups excluding carboxylic acids is 3. The molecule has 9 nitrogen and oxygen atoms in total. The molecule has 0 bridgehead atoms. The van der Waals surface area contributed by atoms with Crippen molar-refractivity contribution in [1.82, 2.24) is 10.6 Å². The number of hydrogen-bond donors (Lipinski definition) is 3. The van der Waals surface area contributed by atoms with Gasteiger partial charge in [-0.1, -0.05) is 30.3 Å². The van der Waals surface area contributed by atoms with Crippen LogP contribution in [0.5, 0.6) is 0 Å². The minimum atomic E-state index is -1.35. The molecule has 1 aromatic rings. The molecule has 28 heavy (non-hydrogen) atoms. The number of aliphatic hydroxyl groups is 1. The first-order chi connectivity index (χ1) is 13.3. The van der Waals surface area contributed by atoms with E-state index in [1.165, 1.54) is 6.92 Å². The van der Waals surface area contributed by atoms with Crippen LogP contribution in [0.4, 0.5) is 4.79 Å². The van der Waals surface area contributed by atoms with Crippen LogP contribution in [0.3, 0.4) is 0 Å². The predicted molar refractivity (Wildman–Crippen MR) is 98.6 cm³/mol. The standard InChI is InChI=1S/C19H25N3O6/c1-12(10-20)9-15(18(25)27-3)21-17(24)16(13(2)23)22-19(26)28-11-14-7-5-4-6-8-14/h4-8,12-13,15-16,23H,9,11H2,1-3H3,(H,21,24)(H,22,26)/t12-,13-,15-,16+/m1/s1. The molecule has 0 aliphatic rings. The molecule has 0 fully saturated rings. The Morgan fingerprint density at radius 1 is 1.18 bits per heavy atom. The number of rotatable bonds is 9. The van der Waals surface area contributed by atoms with E-state index in [1.807, 2.05) is 12.1 Å². The largest absolute Gasteiger partial charge is 0.467 e. The number of benzene rings is 1. The normalized spacial score (nSPS) is 14.5. The predicted octanol–water partition coefficient (Wildman–Crippen LogP) is 0.870. The topological polar surface area (TPSA) is 138 Å². The van der Waals surface area contributed by atoms with Crippen molar-refractivity contribution in [2.75, 3.05) is 7.11 Å². The molecule has 0 aromatic heterocycles. The Morgan fingerprint density at radius 3 is 2.36 bits per heavy atom. The Balaban J connectivity index is 2.71.